The van der Waals surface area contributed by atoms with Crippen molar-refractivity contribution in [2.45, 2.75) is 12.5 Å². The van der Waals surface area contributed by atoms with Gasteiger partial charge in [0.1, 0.15) is 11.4 Å². The van der Waals surface area contributed by atoms with E-state index in [-0.39, 0.29) is 5.56 Å². The van der Waals surface area contributed by atoms with Gasteiger partial charge in [-0.05, 0) is 31.2 Å². The molecule has 94 valence electrons. The Bertz CT molecular complexity index is 582. The number of benzene rings is 2. The number of halogens is 3. The van der Waals surface area contributed by atoms with Crippen LogP contribution in [-0.2, 0) is 5.60 Å². The van der Waals surface area contributed by atoms with Crippen molar-refractivity contribution >= 4 is 23.2 Å². The van der Waals surface area contributed by atoms with Crippen LogP contribution in [0.4, 0.5) is 4.39 Å². The molecule has 1 N–H and O–H groups in total. The van der Waals surface area contributed by atoms with Crippen LogP contribution in [0.15, 0.2) is 42.5 Å². The van der Waals surface area contributed by atoms with Crippen molar-refractivity contribution in [1.82, 2.24) is 0 Å². The highest BCUT2D eigenvalue weighted by Gasteiger charge is 2.30. The third-order valence-corrected chi connectivity index (χ3v) is 3.42. The van der Waals surface area contributed by atoms with E-state index in [1.807, 2.05) is 0 Å². The molecule has 1 nitrogen and oxygen atoms in total. The van der Waals surface area contributed by atoms with E-state index in [2.05, 4.69) is 0 Å². The molecule has 2 rings (SSSR count). The fourth-order valence-corrected chi connectivity index (χ4v) is 2.35. The quantitative estimate of drug-likeness (QED) is 0.867. The highest BCUT2D eigenvalue weighted by atomic mass is 35.5. The molecule has 1 unspecified atom stereocenters. The van der Waals surface area contributed by atoms with E-state index in [1.165, 1.54) is 25.1 Å². The molecule has 0 aliphatic carbocycles. The highest BCUT2D eigenvalue weighted by molar-refractivity contribution is 6.33. The van der Waals surface area contributed by atoms with E-state index in [1.54, 1.807) is 24.3 Å². The zero-order valence-corrected chi connectivity index (χ0v) is 11.1. The predicted octanol–water partition coefficient (Wildman–Crippen LogP) is 4.39. The van der Waals surface area contributed by atoms with Crippen LogP contribution in [0.1, 0.15) is 18.1 Å². The maximum absolute atomic E-state index is 13.8. The zero-order chi connectivity index (χ0) is 13.3. The van der Waals surface area contributed by atoms with Gasteiger partial charge in [-0.15, -0.1) is 0 Å². The first-order valence-corrected chi connectivity index (χ1v) is 6.11. The Hall–Kier alpha value is -1.09. The van der Waals surface area contributed by atoms with E-state index in [4.69, 9.17) is 23.2 Å². The van der Waals surface area contributed by atoms with E-state index >= 15 is 0 Å². The molecule has 0 fully saturated rings. The molecule has 0 bridgehead atoms. The highest BCUT2D eigenvalue weighted by Crippen LogP contribution is 2.36. The molecular weight excluding hydrogens is 274 g/mol. The third-order valence-electron chi connectivity index (χ3n) is 2.85. The van der Waals surface area contributed by atoms with Gasteiger partial charge in [0, 0.05) is 21.2 Å². The van der Waals surface area contributed by atoms with Gasteiger partial charge in [0.25, 0.3) is 0 Å². The average Bonchev–Trinajstić information content (AvgIpc) is 2.32. The molecule has 0 aromatic heterocycles. The second-order valence-electron chi connectivity index (χ2n) is 4.18. The van der Waals surface area contributed by atoms with Crippen LogP contribution >= 0.6 is 23.2 Å². The molecule has 0 aliphatic rings. The molecule has 1 atom stereocenters. The van der Waals surface area contributed by atoms with Crippen LogP contribution in [0.2, 0.25) is 10.0 Å². The second-order valence-corrected chi connectivity index (χ2v) is 5.02. The maximum atomic E-state index is 13.8. The smallest absolute Gasteiger partial charge is 0.129 e. The number of hydrogen-bond acceptors (Lipinski definition) is 1. The van der Waals surface area contributed by atoms with E-state index < -0.39 is 11.4 Å². The summed E-state index contributed by atoms with van der Waals surface area (Å²) in [5.74, 6) is -0.487. The normalized spacial score (nSPS) is 14.3. The molecule has 0 saturated heterocycles. The van der Waals surface area contributed by atoms with Crippen molar-refractivity contribution in [2.24, 2.45) is 0 Å². The SMILES string of the molecule is CC(O)(c1ccccc1F)c1cc(Cl)ccc1Cl. The average molecular weight is 285 g/mol. The monoisotopic (exact) mass is 284 g/mol. The number of rotatable bonds is 2. The molecule has 18 heavy (non-hydrogen) atoms. The molecule has 0 radical (unpaired) electrons. The van der Waals surface area contributed by atoms with Gasteiger partial charge < -0.3 is 5.11 Å². The van der Waals surface area contributed by atoms with Crippen LogP contribution in [0, 0.1) is 5.82 Å². The van der Waals surface area contributed by atoms with Gasteiger partial charge in [-0.25, -0.2) is 4.39 Å². The lowest BCUT2D eigenvalue weighted by molar-refractivity contribution is 0.0981. The van der Waals surface area contributed by atoms with Gasteiger partial charge in [0.05, 0.1) is 0 Å². The summed E-state index contributed by atoms with van der Waals surface area (Å²) < 4.78 is 13.8. The largest absolute Gasteiger partial charge is 0.381 e. The second kappa shape index (κ2) is 4.88. The third kappa shape index (κ3) is 2.37. The summed E-state index contributed by atoms with van der Waals surface area (Å²) in [4.78, 5) is 0. The van der Waals surface area contributed by atoms with Crippen LogP contribution in [0.5, 0.6) is 0 Å². The lowest BCUT2D eigenvalue weighted by Crippen LogP contribution is -2.24. The van der Waals surface area contributed by atoms with Crippen LogP contribution in [-0.4, -0.2) is 5.11 Å². The van der Waals surface area contributed by atoms with Crippen LogP contribution in [0.3, 0.4) is 0 Å². The van der Waals surface area contributed by atoms with E-state index in [0.717, 1.165) is 0 Å². The molecule has 0 saturated carbocycles. The summed E-state index contributed by atoms with van der Waals surface area (Å²) in [6.45, 7) is 1.49. The molecule has 2 aromatic carbocycles. The molecule has 0 aliphatic heterocycles. The van der Waals surface area contributed by atoms with Crippen LogP contribution in [0.25, 0.3) is 0 Å². The minimum atomic E-state index is -1.53. The first-order chi connectivity index (χ1) is 8.43. The number of aliphatic hydroxyl groups is 1. The van der Waals surface area contributed by atoms with Gasteiger partial charge >= 0.3 is 0 Å². The maximum Gasteiger partial charge on any atom is 0.129 e. The van der Waals surface area contributed by atoms with Gasteiger partial charge in [0.15, 0.2) is 0 Å². The van der Waals surface area contributed by atoms with E-state index in [0.29, 0.717) is 15.6 Å². The Morgan fingerprint density at radius 3 is 2.39 bits per heavy atom. The summed E-state index contributed by atoms with van der Waals surface area (Å²) in [5.41, 5.74) is -0.996. The first-order valence-electron chi connectivity index (χ1n) is 5.36. The topological polar surface area (TPSA) is 20.2 Å². The Morgan fingerprint density at radius 1 is 1.06 bits per heavy atom. The lowest BCUT2D eigenvalue weighted by Gasteiger charge is -2.26. The van der Waals surface area contributed by atoms with Crippen molar-refractivity contribution in [3.05, 3.63) is 69.5 Å². The van der Waals surface area contributed by atoms with Crippen molar-refractivity contribution in [1.29, 1.82) is 0 Å². The fraction of sp³-hybridized carbons (Fsp3) is 0.143. The van der Waals surface area contributed by atoms with Crippen LogP contribution < -0.4 is 0 Å². The van der Waals surface area contributed by atoms with Crippen molar-refractivity contribution in [3.63, 3.8) is 0 Å². The summed E-state index contributed by atoms with van der Waals surface area (Å²) in [6, 6.07) is 10.8. The van der Waals surface area contributed by atoms with Crippen molar-refractivity contribution < 1.29 is 9.50 Å². The van der Waals surface area contributed by atoms with Crippen molar-refractivity contribution in [2.75, 3.05) is 0 Å². The summed E-state index contributed by atoms with van der Waals surface area (Å²) >= 11 is 11.9. The van der Waals surface area contributed by atoms with E-state index in [9.17, 15) is 9.50 Å². The Kier molecular flexibility index (Phi) is 3.62. The molecule has 0 heterocycles. The zero-order valence-electron chi connectivity index (χ0n) is 9.62. The Morgan fingerprint density at radius 2 is 1.72 bits per heavy atom. The van der Waals surface area contributed by atoms with Gasteiger partial charge in [-0.3, -0.25) is 0 Å². The molecular formula is C14H11Cl2FO. The summed E-state index contributed by atoms with van der Waals surface area (Å²) in [6.07, 6.45) is 0. The predicted molar refractivity (Wildman–Crippen MR) is 71.5 cm³/mol. The molecule has 0 spiro atoms. The Balaban J connectivity index is 2.61. The number of hydrogen-bond donors (Lipinski definition) is 1. The lowest BCUT2D eigenvalue weighted by atomic mass is 9.88. The summed E-state index contributed by atoms with van der Waals surface area (Å²) in [5, 5.41) is 11.3. The first kappa shape index (κ1) is 13.3. The molecule has 4 heteroatoms. The minimum absolute atomic E-state index is 0.161. The standard InChI is InChI=1S/C14H11Cl2FO/c1-14(18,10-4-2-3-5-13(10)17)11-8-9(15)6-7-12(11)16/h2-8,18H,1H3. The van der Waals surface area contributed by atoms with Gasteiger partial charge in [-0.2, -0.15) is 0 Å². The van der Waals surface area contributed by atoms with Gasteiger partial charge in [0.2, 0.25) is 0 Å². The minimum Gasteiger partial charge on any atom is -0.381 e. The van der Waals surface area contributed by atoms with Gasteiger partial charge in [-0.1, -0.05) is 41.4 Å². The molecule has 0 amide bonds. The fourth-order valence-electron chi connectivity index (χ4n) is 1.87. The molecule has 2 aromatic rings. The van der Waals surface area contributed by atoms with Crippen molar-refractivity contribution in [3.8, 4) is 0 Å². The summed E-state index contributed by atoms with van der Waals surface area (Å²) in [7, 11) is 0. The Labute approximate surface area is 115 Å².